The third-order valence-electron chi connectivity index (χ3n) is 4.09. The van der Waals surface area contributed by atoms with Gasteiger partial charge in [0, 0.05) is 18.2 Å². The number of amides is 1. The second-order valence-corrected chi connectivity index (χ2v) is 6.03. The van der Waals surface area contributed by atoms with E-state index in [-0.39, 0.29) is 18.6 Å². The largest absolute Gasteiger partial charge is 0.489 e. The lowest BCUT2D eigenvalue weighted by Gasteiger charge is -2.22. The first-order valence-electron chi connectivity index (χ1n) is 8.75. The van der Waals surface area contributed by atoms with Crippen LogP contribution in [0.4, 0.5) is 0 Å². The summed E-state index contributed by atoms with van der Waals surface area (Å²) in [5.74, 6) is 0.577. The third-order valence-corrected chi connectivity index (χ3v) is 4.09. The maximum atomic E-state index is 11.8. The van der Waals surface area contributed by atoms with Crippen molar-refractivity contribution in [3.63, 3.8) is 0 Å². The predicted molar refractivity (Wildman–Crippen MR) is 94.7 cm³/mol. The van der Waals surface area contributed by atoms with Crippen molar-refractivity contribution in [2.24, 2.45) is 0 Å². The van der Waals surface area contributed by atoms with E-state index in [1.54, 1.807) is 6.20 Å². The van der Waals surface area contributed by atoms with Crippen LogP contribution in [-0.2, 0) is 14.3 Å². The molecule has 0 aliphatic carbocycles. The highest BCUT2D eigenvalue weighted by molar-refractivity contribution is 5.84. The molecule has 1 aliphatic rings. The van der Waals surface area contributed by atoms with E-state index in [2.05, 4.69) is 10.3 Å². The van der Waals surface area contributed by atoms with Crippen LogP contribution in [0.2, 0.25) is 0 Å². The lowest BCUT2D eigenvalue weighted by atomic mass is 10.1. The number of pyridine rings is 1. The molecule has 1 fully saturated rings. The number of para-hydroxylation sites is 1. The molecule has 3 rings (SSSR count). The van der Waals surface area contributed by atoms with Crippen LogP contribution in [0.1, 0.15) is 19.3 Å². The second kappa shape index (κ2) is 9.34. The first-order chi connectivity index (χ1) is 12.3. The molecule has 134 valence electrons. The van der Waals surface area contributed by atoms with Crippen LogP contribution in [0, 0.1) is 0 Å². The molecule has 6 heteroatoms. The summed E-state index contributed by atoms with van der Waals surface area (Å²) in [5.41, 5.74) is 0.826. The lowest BCUT2D eigenvalue weighted by molar-refractivity contribution is -0.128. The van der Waals surface area contributed by atoms with Gasteiger partial charge in [0.15, 0.2) is 0 Å². The van der Waals surface area contributed by atoms with E-state index >= 15 is 0 Å². The predicted octanol–water partition coefficient (Wildman–Crippen LogP) is 2.32. The van der Waals surface area contributed by atoms with Crippen LogP contribution in [0.5, 0.6) is 5.75 Å². The molecule has 1 N–H and O–H groups in total. The Morgan fingerprint density at radius 3 is 3.08 bits per heavy atom. The van der Waals surface area contributed by atoms with E-state index in [1.807, 2.05) is 30.3 Å². The molecule has 0 saturated carbocycles. The van der Waals surface area contributed by atoms with Crippen LogP contribution in [0.25, 0.3) is 10.9 Å². The Bertz CT molecular complexity index is 681. The number of ether oxygens (including phenoxy) is 3. The summed E-state index contributed by atoms with van der Waals surface area (Å²) in [7, 11) is 0. The number of carbonyl (C=O) groups is 1. The molecule has 0 radical (unpaired) electrons. The molecule has 1 aromatic carbocycles. The summed E-state index contributed by atoms with van der Waals surface area (Å²) >= 11 is 0. The topological polar surface area (TPSA) is 69.7 Å². The summed E-state index contributed by atoms with van der Waals surface area (Å²) in [6.45, 7) is 2.13. The minimum atomic E-state index is -0.143. The van der Waals surface area contributed by atoms with Crippen molar-refractivity contribution < 1.29 is 19.0 Å². The van der Waals surface area contributed by atoms with Gasteiger partial charge >= 0.3 is 0 Å². The van der Waals surface area contributed by atoms with E-state index in [1.165, 1.54) is 6.42 Å². The number of carbonyl (C=O) groups excluding carboxylic acids is 1. The normalized spacial score (nSPS) is 17.4. The van der Waals surface area contributed by atoms with E-state index in [9.17, 15) is 4.79 Å². The molecule has 1 amide bonds. The standard InChI is InChI=1S/C19H24N2O4/c22-18(14-23-13-16-7-1-2-11-24-16)20-10-12-25-17-8-3-5-15-6-4-9-21-19(15)17/h3-6,8-9,16H,1-2,7,10-14H2,(H,20,22)/t16-/m0/s1. The minimum Gasteiger partial charge on any atom is -0.489 e. The number of hydrogen-bond acceptors (Lipinski definition) is 5. The van der Waals surface area contributed by atoms with Crippen molar-refractivity contribution in [1.82, 2.24) is 10.3 Å². The number of rotatable bonds is 8. The molecule has 6 nitrogen and oxygen atoms in total. The number of nitrogens with zero attached hydrogens (tertiary/aromatic N) is 1. The zero-order chi connectivity index (χ0) is 17.3. The maximum Gasteiger partial charge on any atom is 0.246 e. The Morgan fingerprint density at radius 2 is 2.20 bits per heavy atom. The summed E-state index contributed by atoms with van der Waals surface area (Å²) in [4.78, 5) is 16.1. The molecule has 0 spiro atoms. The van der Waals surface area contributed by atoms with Gasteiger partial charge in [-0.15, -0.1) is 0 Å². The molecule has 1 saturated heterocycles. The molecular weight excluding hydrogens is 320 g/mol. The molecule has 1 atom stereocenters. The maximum absolute atomic E-state index is 11.8. The molecule has 0 bridgehead atoms. The lowest BCUT2D eigenvalue weighted by Crippen LogP contribution is -2.33. The molecule has 1 aliphatic heterocycles. The summed E-state index contributed by atoms with van der Waals surface area (Å²) in [6, 6.07) is 9.68. The van der Waals surface area contributed by atoms with Crippen LogP contribution in [-0.4, -0.2) is 50.0 Å². The van der Waals surface area contributed by atoms with Crippen LogP contribution in [0.3, 0.4) is 0 Å². The number of nitrogens with one attached hydrogen (secondary N) is 1. The molecule has 2 heterocycles. The van der Waals surface area contributed by atoms with Gasteiger partial charge in [0.1, 0.15) is 24.5 Å². The van der Waals surface area contributed by atoms with Crippen molar-refractivity contribution >= 4 is 16.8 Å². The van der Waals surface area contributed by atoms with Gasteiger partial charge in [0.05, 0.1) is 19.3 Å². The van der Waals surface area contributed by atoms with E-state index < -0.39 is 0 Å². The van der Waals surface area contributed by atoms with Gasteiger partial charge in [0.25, 0.3) is 0 Å². The van der Waals surface area contributed by atoms with Crippen molar-refractivity contribution in [1.29, 1.82) is 0 Å². The summed E-state index contributed by atoms with van der Waals surface area (Å²) in [6.07, 6.45) is 5.16. The molecular formula is C19H24N2O4. The molecule has 1 aromatic heterocycles. The van der Waals surface area contributed by atoms with Crippen LogP contribution < -0.4 is 10.1 Å². The highest BCUT2D eigenvalue weighted by atomic mass is 16.5. The van der Waals surface area contributed by atoms with Crippen molar-refractivity contribution in [3.05, 3.63) is 36.5 Å². The highest BCUT2D eigenvalue weighted by Gasteiger charge is 2.14. The van der Waals surface area contributed by atoms with Crippen LogP contribution in [0.15, 0.2) is 36.5 Å². The third kappa shape index (κ3) is 5.41. The van der Waals surface area contributed by atoms with Crippen molar-refractivity contribution in [3.8, 4) is 5.75 Å². The van der Waals surface area contributed by atoms with E-state index in [4.69, 9.17) is 14.2 Å². The van der Waals surface area contributed by atoms with Gasteiger partial charge in [-0.05, 0) is 31.4 Å². The highest BCUT2D eigenvalue weighted by Crippen LogP contribution is 2.22. The van der Waals surface area contributed by atoms with Gasteiger partial charge in [-0.1, -0.05) is 18.2 Å². The first-order valence-corrected chi connectivity index (χ1v) is 8.75. The van der Waals surface area contributed by atoms with Gasteiger partial charge in [0.2, 0.25) is 5.91 Å². The molecule has 2 aromatic rings. The van der Waals surface area contributed by atoms with Gasteiger partial charge < -0.3 is 19.5 Å². The van der Waals surface area contributed by atoms with Crippen molar-refractivity contribution in [2.45, 2.75) is 25.4 Å². The summed E-state index contributed by atoms with van der Waals surface area (Å²) in [5, 5.41) is 3.82. The number of fused-ring (bicyclic) bond motifs is 1. The Balaban J connectivity index is 1.33. The first kappa shape index (κ1) is 17.6. The minimum absolute atomic E-state index is 0.0513. The van der Waals surface area contributed by atoms with E-state index in [0.29, 0.717) is 19.8 Å². The van der Waals surface area contributed by atoms with Crippen molar-refractivity contribution in [2.75, 3.05) is 33.0 Å². The number of hydrogen-bond donors (Lipinski definition) is 1. The zero-order valence-corrected chi connectivity index (χ0v) is 14.3. The SMILES string of the molecule is O=C(COC[C@@H]1CCCCO1)NCCOc1cccc2cccnc12. The molecule has 25 heavy (non-hydrogen) atoms. The van der Waals surface area contributed by atoms with Gasteiger partial charge in [-0.2, -0.15) is 0 Å². The fourth-order valence-electron chi connectivity index (χ4n) is 2.82. The fraction of sp³-hybridized carbons (Fsp3) is 0.474. The average Bonchev–Trinajstić information content (AvgIpc) is 2.66. The second-order valence-electron chi connectivity index (χ2n) is 6.03. The number of aromatic nitrogens is 1. The Morgan fingerprint density at radius 1 is 1.28 bits per heavy atom. The molecule has 0 unspecified atom stereocenters. The quantitative estimate of drug-likeness (QED) is 0.744. The van der Waals surface area contributed by atoms with E-state index in [0.717, 1.165) is 36.1 Å². The zero-order valence-electron chi connectivity index (χ0n) is 14.3. The van der Waals surface area contributed by atoms with Gasteiger partial charge in [-0.25, -0.2) is 0 Å². The Kier molecular flexibility index (Phi) is 6.59. The van der Waals surface area contributed by atoms with Crippen LogP contribution >= 0.6 is 0 Å². The monoisotopic (exact) mass is 344 g/mol. The Hall–Kier alpha value is -2.18. The summed E-state index contributed by atoms with van der Waals surface area (Å²) < 4.78 is 16.7. The smallest absolute Gasteiger partial charge is 0.246 e. The Labute approximate surface area is 147 Å². The average molecular weight is 344 g/mol. The fourth-order valence-corrected chi connectivity index (χ4v) is 2.82. The van der Waals surface area contributed by atoms with Gasteiger partial charge in [-0.3, -0.25) is 9.78 Å². The number of benzene rings is 1.